The maximum absolute atomic E-state index is 12.4. The first-order valence-electron chi connectivity index (χ1n) is 16.4. The van der Waals surface area contributed by atoms with E-state index in [1.807, 2.05) is 23.5 Å². The Morgan fingerprint density at radius 3 is 2.56 bits per heavy atom. The number of benzene rings is 2. The van der Waals surface area contributed by atoms with Gasteiger partial charge in [0.05, 0.1) is 10.7 Å². The van der Waals surface area contributed by atoms with Crippen LogP contribution in [0.5, 0.6) is 0 Å². The molecule has 7 heteroatoms. The first-order chi connectivity index (χ1) is 20.9. The summed E-state index contributed by atoms with van der Waals surface area (Å²) in [6.07, 6.45) is 8.53. The monoisotopic (exact) mass is 619 g/mol. The molecule has 3 fully saturated rings. The highest BCUT2D eigenvalue weighted by Crippen LogP contribution is 2.40. The second-order valence-corrected chi connectivity index (χ2v) is 14.8. The van der Waals surface area contributed by atoms with Crippen molar-refractivity contribution in [3.63, 3.8) is 0 Å². The van der Waals surface area contributed by atoms with Crippen LogP contribution in [-0.2, 0) is 17.6 Å². The number of halogens is 1. The molecule has 1 aliphatic carbocycles. The van der Waals surface area contributed by atoms with Crippen LogP contribution < -0.4 is 0 Å². The van der Waals surface area contributed by atoms with E-state index in [0.29, 0.717) is 23.7 Å². The summed E-state index contributed by atoms with van der Waals surface area (Å²) < 4.78 is 0. The van der Waals surface area contributed by atoms with Crippen molar-refractivity contribution in [2.75, 3.05) is 32.7 Å². The Bertz CT molecular complexity index is 1400. The molecule has 5 nitrogen and oxygen atoms in total. The number of carbonyl (C=O) groups is 1. The van der Waals surface area contributed by atoms with Crippen LogP contribution >= 0.6 is 22.9 Å². The summed E-state index contributed by atoms with van der Waals surface area (Å²) in [7, 11) is 0. The van der Waals surface area contributed by atoms with Gasteiger partial charge in [0.25, 0.3) is 0 Å². The molecule has 3 aliphatic rings. The van der Waals surface area contributed by atoms with Crippen LogP contribution in [0.3, 0.4) is 0 Å². The highest BCUT2D eigenvalue weighted by molar-refractivity contribution is 7.11. The van der Waals surface area contributed by atoms with Gasteiger partial charge in [0, 0.05) is 41.9 Å². The zero-order valence-corrected chi connectivity index (χ0v) is 27.3. The third-order valence-electron chi connectivity index (χ3n) is 10.3. The number of aryl methyl sites for hydroxylation is 2. The number of nitrogens with zero attached hydrogens (tertiary/aromatic N) is 3. The second kappa shape index (κ2) is 13.8. The van der Waals surface area contributed by atoms with Crippen LogP contribution in [0.1, 0.15) is 89.6 Å². The van der Waals surface area contributed by atoms with E-state index in [9.17, 15) is 9.90 Å². The van der Waals surface area contributed by atoms with Gasteiger partial charge in [-0.1, -0.05) is 85.8 Å². The van der Waals surface area contributed by atoms with Crippen LogP contribution in [0.25, 0.3) is 0 Å². The molecule has 43 heavy (non-hydrogen) atoms. The Morgan fingerprint density at radius 2 is 1.88 bits per heavy atom. The lowest BCUT2D eigenvalue weighted by atomic mass is 9.80. The van der Waals surface area contributed by atoms with E-state index in [2.05, 4.69) is 60.0 Å². The Balaban J connectivity index is 1.12. The van der Waals surface area contributed by atoms with E-state index < -0.39 is 5.97 Å². The van der Waals surface area contributed by atoms with Gasteiger partial charge in [0.2, 0.25) is 0 Å². The summed E-state index contributed by atoms with van der Waals surface area (Å²) in [5.41, 5.74) is 5.07. The number of carboxylic acids is 1. The number of piperidine rings is 1. The van der Waals surface area contributed by atoms with Crippen molar-refractivity contribution in [3.8, 4) is 0 Å². The number of likely N-dealkylation sites (tertiary alicyclic amines) is 2. The van der Waals surface area contributed by atoms with Crippen LogP contribution in [-0.4, -0.2) is 64.6 Å². The Morgan fingerprint density at radius 1 is 1.09 bits per heavy atom. The number of aromatic nitrogens is 1. The SMILES string of the molecule is CCc1nc(Cc2ccccc2Cl)sc1C1CCN(C[C@H]2CN([C@H](CC3CCC3)C(=O)O)C[C@@H]2c2cccc(C)c2)CC1. The average molecular weight is 620 g/mol. The molecule has 0 unspecified atom stereocenters. The van der Waals surface area contributed by atoms with Crippen molar-refractivity contribution in [2.45, 2.75) is 83.1 Å². The fourth-order valence-corrected chi connectivity index (χ4v) is 9.20. The third-order valence-corrected chi connectivity index (χ3v) is 11.9. The molecule has 0 amide bonds. The Labute approximate surface area is 266 Å². The van der Waals surface area contributed by atoms with Crippen LogP contribution in [0, 0.1) is 18.8 Å². The fourth-order valence-electron chi connectivity index (χ4n) is 7.65. The lowest BCUT2D eigenvalue weighted by molar-refractivity contribution is -0.144. The molecule has 3 heterocycles. The van der Waals surface area contributed by atoms with Gasteiger partial charge in [-0.05, 0) is 80.6 Å². The van der Waals surface area contributed by atoms with Crippen LogP contribution in [0.15, 0.2) is 48.5 Å². The van der Waals surface area contributed by atoms with E-state index in [1.54, 1.807) is 0 Å². The van der Waals surface area contributed by atoms with Gasteiger partial charge in [0.15, 0.2) is 0 Å². The fraction of sp³-hybridized carbons (Fsp3) is 0.556. The number of thiazole rings is 1. The molecule has 0 bridgehead atoms. The Kier molecular flexibility index (Phi) is 9.88. The molecule has 2 saturated heterocycles. The van der Waals surface area contributed by atoms with Gasteiger partial charge in [-0.15, -0.1) is 11.3 Å². The van der Waals surface area contributed by atoms with E-state index in [0.717, 1.165) is 75.4 Å². The number of carboxylic acid groups (broad SMARTS) is 1. The summed E-state index contributed by atoms with van der Waals surface area (Å²) >= 11 is 8.35. The standard InChI is InChI=1S/C36H46ClN3O2S/c1-3-32-35(43-34(38-32)20-28-11-4-5-13-31(28)37)26-14-16-39(17-15-26)21-29-22-40(33(36(41)42)19-25-9-7-10-25)23-30(29)27-12-6-8-24(2)18-27/h4-6,8,11-13,18,25-26,29-30,33H,3,7,9-10,14-17,19-23H2,1-2H3,(H,41,42)/t29-,30+,33+/m0/s1. The topological polar surface area (TPSA) is 56.7 Å². The van der Waals surface area contributed by atoms with E-state index in [-0.39, 0.29) is 6.04 Å². The molecule has 0 radical (unpaired) electrons. The highest BCUT2D eigenvalue weighted by Gasteiger charge is 2.41. The summed E-state index contributed by atoms with van der Waals surface area (Å²) in [5, 5.41) is 12.2. The quantitative estimate of drug-likeness (QED) is 0.237. The normalized spacial score (nSPS) is 23.0. The maximum atomic E-state index is 12.4. The molecule has 230 valence electrons. The van der Waals surface area contributed by atoms with E-state index in [4.69, 9.17) is 16.6 Å². The van der Waals surface area contributed by atoms with Crippen molar-refractivity contribution in [1.29, 1.82) is 0 Å². The highest BCUT2D eigenvalue weighted by atomic mass is 35.5. The van der Waals surface area contributed by atoms with Gasteiger partial charge in [-0.3, -0.25) is 9.69 Å². The molecule has 1 N–H and O–H groups in total. The van der Waals surface area contributed by atoms with Crippen LogP contribution in [0.4, 0.5) is 0 Å². The molecule has 3 atom stereocenters. The molecule has 2 aliphatic heterocycles. The van der Waals surface area contributed by atoms with Gasteiger partial charge in [0.1, 0.15) is 6.04 Å². The van der Waals surface area contributed by atoms with Crippen molar-refractivity contribution in [3.05, 3.63) is 85.8 Å². The average Bonchev–Trinajstić information content (AvgIpc) is 3.58. The minimum atomic E-state index is -0.637. The number of aliphatic carboxylic acids is 1. The minimum Gasteiger partial charge on any atom is -0.480 e. The molecule has 0 spiro atoms. The van der Waals surface area contributed by atoms with E-state index >= 15 is 0 Å². The lowest BCUT2D eigenvalue weighted by Gasteiger charge is -2.35. The zero-order valence-electron chi connectivity index (χ0n) is 25.7. The van der Waals surface area contributed by atoms with Gasteiger partial charge < -0.3 is 10.0 Å². The summed E-state index contributed by atoms with van der Waals surface area (Å²) in [6, 6.07) is 16.7. The zero-order chi connectivity index (χ0) is 29.9. The van der Waals surface area contributed by atoms with Crippen molar-refractivity contribution in [2.24, 2.45) is 11.8 Å². The maximum Gasteiger partial charge on any atom is 0.320 e. The van der Waals surface area contributed by atoms with E-state index in [1.165, 1.54) is 46.0 Å². The lowest BCUT2D eigenvalue weighted by Crippen LogP contribution is -2.43. The smallest absolute Gasteiger partial charge is 0.320 e. The van der Waals surface area contributed by atoms with Crippen molar-refractivity contribution in [1.82, 2.24) is 14.8 Å². The van der Waals surface area contributed by atoms with Gasteiger partial charge in [-0.25, -0.2) is 4.98 Å². The largest absolute Gasteiger partial charge is 0.480 e. The van der Waals surface area contributed by atoms with Crippen molar-refractivity contribution >= 4 is 28.9 Å². The molecule has 2 aromatic carbocycles. The number of hydrogen-bond acceptors (Lipinski definition) is 5. The summed E-state index contributed by atoms with van der Waals surface area (Å²) in [6.45, 7) is 9.33. The molecule has 1 aromatic heterocycles. The first kappa shape index (κ1) is 30.8. The van der Waals surface area contributed by atoms with Gasteiger partial charge in [-0.2, -0.15) is 0 Å². The molecule has 6 rings (SSSR count). The van der Waals surface area contributed by atoms with Crippen molar-refractivity contribution < 1.29 is 9.90 Å². The predicted molar refractivity (Wildman–Crippen MR) is 177 cm³/mol. The summed E-state index contributed by atoms with van der Waals surface area (Å²) in [4.78, 5) is 23.9. The molecular weight excluding hydrogens is 574 g/mol. The molecule has 1 saturated carbocycles. The van der Waals surface area contributed by atoms with Crippen LogP contribution in [0.2, 0.25) is 5.02 Å². The van der Waals surface area contributed by atoms with Gasteiger partial charge >= 0.3 is 5.97 Å². The third kappa shape index (κ3) is 7.19. The predicted octanol–water partition coefficient (Wildman–Crippen LogP) is 7.80. The second-order valence-electron chi connectivity index (χ2n) is 13.2. The molecule has 3 aromatic rings. The molecular formula is C36H46ClN3O2S. The number of hydrogen-bond donors (Lipinski definition) is 1. The minimum absolute atomic E-state index is 0.355. The Hall–Kier alpha value is -2.25. The number of rotatable bonds is 11. The first-order valence-corrected chi connectivity index (χ1v) is 17.5. The summed E-state index contributed by atoms with van der Waals surface area (Å²) in [5.74, 6) is 1.33.